The van der Waals surface area contributed by atoms with Crippen LogP contribution in [0.5, 0.6) is 5.75 Å². The maximum absolute atomic E-state index is 10.0. The number of hydrogen-bond acceptors (Lipinski definition) is 2. The molecule has 0 aliphatic rings. The van der Waals surface area contributed by atoms with Crippen molar-refractivity contribution in [2.45, 2.75) is 65.4 Å². The molecule has 2 heteroatoms. The SMILES string of the molecule is CCCC(CCC)COc1cccc([C@@H](O)CCC)c1. The molecule has 0 aromatic heterocycles. The standard InChI is InChI=1S/C18H30O2/c1-4-8-15(9-5-2)14-20-17-12-7-11-16(13-17)18(19)10-6-3/h7,11-13,15,18-19H,4-6,8-10,14H2,1-3H3/t18-/m0/s1. The highest BCUT2D eigenvalue weighted by Crippen LogP contribution is 2.23. The van der Waals surface area contributed by atoms with Crippen molar-refractivity contribution in [2.24, 2.45) is 5.92 Å². The average molecular weight is 278 g/mol. The highest BCUT2D eigenvalue weighted by molar-refractivity contribution is 5.29. The molecule has 0 aliphatic heterocycles. The number of aliphatic hydroxyl groups is 1. The van der Waals surface area contributed by atoms with Crippen LogP contribution in [-0.2, 0) is 0 Å². The van der Waals surface area contributed by atoms with Gasteiger partial charge in [0.25, 0.3) is 0 Å². The monoisotopic (exact) mass is 278 g/mol. The molecule has 0 unspecified atom stereocenters. The maximum Gasteiger partial charge on any atom is 0.119 e. The maximum atomic E-state index is 10.0. The van der Waals surface area contributed by atoms with E-state index in [9.17, 15) is 5.11 Å². The molecule has 1 rings (SSSR count). The van der Waals surface area contributed by atoms with Gasteiger partial charge >= 0.3 is 0 Å². The Balaban J connectivity index is 2.56. The lowest BCUT2D eigenvalue weighted by Crippen LogP contribution is -2.12. The third-order valence-electron chi connectivity index (χ3n) is 3.68. The summed E-state index contributed by atoms with van der Waals surface area (Å²) in [5.41, 5.74) is 0.965. The van der Waals surface area contributed by atoms with Crippen LogP contribution in [0.25, 0.3) is 0 Å². The van der Waals surface area contributed by atoms with Crippen molar-refractivity contribution >= 4 is 0 Å². The van der Waals surface area contributed by atoms with Gasteiger partial charge in [0.05, 0.1) is 12.7 Å². The first kappa shape index (κ1) is 17.0. The van der Waals surface area contributed by atoms with Gasteiger partial charge in [0.2, 0.25) is 0 Å². The van der Waals surface area contributed by atoms with Gasteiger partial charge in [-0.2, -0.15) is 0 Å². The highest BCUT2D eigenvalue weighted by atomic mass is 16.5. The summed E-state index contributed by atoms with van der Waals surface area (Å²) in [5.74, 6) is 1.53. The van der Waals surface area contributed by atoms with Gasteiger partial charge in [-0.3, -0.25) is 0 Å². The lowest BCUT2D eigenvalue weighted by Gasteiger charge is -2.17. The second-order valence-corrected chi connectivity index (χ2v) is 5.63. The first-order valence-electron chi connectivity index (χ1n) is 8.12. The molecule has 0 amide bonds. The van der Waals surface area contributed by atoms with E-state index in [1.165, 1.54) is 25.7 Å². The molecule has 0 bridgehead atoms. The van der Waals surface area contributed by atoms with Crippen molar-refractivity contribution in [3.63, 3.8) is 0 Å². The number of hydrogen-bond donors (Lipinski definition) is 1. The fourth-order valence-corrected chi connectivity index (χ4v) is 2.59. The predicted octanol–water partition coefficient (Wildman–Crippen LogP) is 5.12. The van der Waals surface area contributed by atoms with Crippen molar-refractivity contribution in [2.75, 3.05) is 6.61 Å². The van der Waals surface area contributed by atoms with Crippen LogP contribution in [0.15, 0.2) is 24.3 Å². The minimum atomic E-state index is -0.370. The van der Waals surface area contributed by atoms with Crippen LogP contribution in [0.1, 0.15) is 71.0 Å². The quantitative estimate of drug-likeness (QED) is 0.644. The van der Waals surface area contributed by atoms with Crippen molar-refractivity contribution < 1.29 is 9.84 Å². The molecule has 114 valence electrons. The van der Waals surface area contributed by atoms with Gasteiger partial charge in [-0.25, -0.2) is 0 Å². The topological polar surface area (TPSA) is 29.5 Å². The Labute approximate surface area is 124 Å². The summed E-state index contributed by atoms with van der Waals surface area (Å²) in [6.45, 7) is 7.33. The van der Waals surface area contributed by atoms with Gasteiger partial charge < -0.3 is 9.84 Å². The smallest absolute Gasteiger partial charge is 0.119 e. The summed E-state index contributed by atoms with van der Waals surface area (Å²) < 4.78 is 5.93. The first-order chi connectivity index (χ1) is 9.71. The Morgan fingerprint density at radius 2 is 1.65 bits per heavy atom. The average Bonchev–Trinajstić information content (AvgIpc) is 2.46. The third-order valence-corrected chi connectivity index (χ3v) is 3.68. The van der Waals surface area contributed by atoms with Crippen LogP contribution in [0.2, 0.25) is 0 Å². The molecule has 1 atom stereocenters. The normalized spacial score (nSPS) is 12.7. The molecule has 2 nitrogen and oxygen atoms in total. The van der Waals surface area contributed by atoms with Gasteiger partial charge in [0.1, 0.15) is 5.75 Å². The van der Waals surface area contributed by atoms with E-state index in [0.717, 1.165) is 30.8 Å². The Kier molecular flexibility index (Phi) is 8.36. The number of benzene rings is 1. The molecule has 1 N–H and O–H groups in total. The summed E-state index contributed by atoms with van der Waals surface area (Å²) in [7, 11) is 0. The number of aliphatic hydroxyl groups excluding tert-OH is 1. The van der Waals surface area contributed by atoms with Crippen LogP contribution >= 0.6 is 0 Å². The Morgan fingerprint density at radius 3 is 2.25 bits per heavy atom. The summed E-state index contributed by atoms with van der Waals surface area (Å²) >= 11 is 0. The summed E-state index contributed by atoms with van der Waals surface area (Å²) in [6, 6.07) is 7.91. The molecular formula is C18H30O2. The lowest BCUT2D eigenvalue weighted by atomic mass is 9.99. The van der Waals surface area contributed by atoms with Crippen molar-refractivity contribution in [1.82, 2.24) is 0 Å². The van der Waals surface area contributed by atoms with E-state index < -0.39 is 0 Å². The number of rotatable bonds is 10. The van der Waals surface area contributed by atoms with E-state index in [1.54, 1.807) is 0 Å². The minimum absolute atomic E-state index is 0.370. The zero-order valence-electron chi connectivity index (χ0n) is 13.3. The molecule has 0 heterocycles. The van der Waals surface area contributed by atoms with Gasteiger partial charge in [0, 0.05) is 0 Å². The van der Waals surface area contributed by atoms with Crippen molar-refractivity contribution in [1.29, 1.82) is 0 Å². The minimum Gasteiger partial charge on any atom is -0.493 e. The third kappa shape index (κ3) is 5.96. The second kappa shape index (κ2) is 9.82. The van der Waals surface area contributed by atoms with Crippen LogP contribution in [0, 0.1) is 5.92 Å². The lowest BCUT2D eigenvalue weighted by molar-refractivity contribution is 0.165. The molecule has 0 spiro atoms. The Morgan fingerprint density at radius 1 is 1.00 bits per heavy atom. The molecule has 1 aromatic rings. The van der Waals surface area contributed by atoms with Crippen molar-refractivity contribution in [3.05, 3.63) is 29.8 Å². The molecule has 0 saturated heterocycles. The zero-order chi connectivity index (χ0) is 14.8. The van der Waals surface area contributed by atoms with Crippen LogP contribution in [0.4, 0.5) is 0 Å². The second-order valence-electron chi connectivity index (χ2n) is 5.63. The predicted molar refractivity (Wildman–Crippen MR) is 85.1 cm³/mol. The van der Waals surface area contributed by atoms with E-state index in [0.29, 0.717) is 5.92 Å². The fourth-order valence-electron chi connectivity index (χ4n) is 2.59. The van der Waals surface area contributed by atoms with E-state index in [1.807, 2.05) is 24.3 Å². The van der Waals surface area contributed by atoms with Gasteiger partial charge in [-0.15, -0.1) is 0 Å². The molecule has 0 fully saturated rings. The largest absolute Gasteiger partial charge is 0.493 e. The molecule has 1 aromatic carbocycles. The van der Waals surface area contributed by atoms with Crippen LogP contribution < -0.4 is 4.74 Å². The van der Waals surface area contributed by atoms with E-state index in [4.69, 9.17) is 4.74 Å². The fraction of sp³-hybridized carbons (Fsp3) is 0.667. The molecule has 20 heavy (non-hydrogen) atoms. The highest BCUT2D eigenvalue weighted by Gasteiger charge is 2.10. The van der Waals surface area contributed by atoms with Gasteiger partial charge in [-0.05, 0) is 42.9 Å². The summed E-state index contributed by atoms with van der Waals surface area (Å²) in [5, 5.41) is 10.0. The van der Waals surface area contributed by atoms with Crippen LogP contribution in [0.3, 0.4) is 0 Å². The zero-order valence-corrected chi connectivity index (χ0v) is 13.3. The van der Waals surface area contributed by atoms with E-state index in [2.05, 4.69) is 20.8 Å². The Bertz CT molecular complexity index is 356. The number of ether oxygens (including phenoxy) is 1. The molecule has 0 aliphatic carbocycles. The molecule has 0 saturated carbocycles. The first-order valence-corrected chi connectivity index (χ1v) is 8.12. The van der Waals surface area contributed by atoms with E-state index >= 15 is 0 Å². The van der Waals surface area contributed by atoms with Gasteiger partial charge in [0.15, 0.2) is 0 Å². The van der Waals surface area contributed by atoms with Gasteiger partial charge in [-0.1, -0.05) is 52.2 Å². The van der Waals surface area contributed by atoms with Crippen molar-refractivity contribution in [3.8, 4) is 5.75 Å². The summed E-state index contributed by atoms with van der Waals surface area (Å²) in [4.78, 5) is 0. The Hall–Kier alpha value is -1.02. The summed E-state index contributed by atoms with van der Waals surface area (Å²) in [6.07, 6.45) is 6.30. The molecule has 0 radical (unpaired) electrons. The van der Waals surface area contributed by atoms with Crippen LogP contribution in [-0.4, -0.2) is 11.7 Å². The molecular weight excluding hydrogens is 248 g/mol. The van der Waals surface area contributed by atoms with E-state index in [-0.39, 0.29) is 6.10 Å².